The maximum Gasteiger partial charge on any atom is 0.209 e. The average molecular weight is 507 g/mol. The van der Waals surface area contributed by atoms with Crippen molar-refractivity contribution in [2.24, 2.45) is 0 Å². The fourth-order valence-corrected chi connectivity index (χ4v) is 6.07. The highest BCUT2D eigenvalue weighted by Gasteiger charge is 2.44. The van der Waals surface area contributed by atoms with Gasteiger partial charge < -0.3 is 14.2 Å². The van der Waals surface area contributed by atoms with E-state index in [-0.39, 0.29) is 4.90 Å². The quantitative estimate of drug-likeness (QED) is 0.369. The van der Waals surface area contributed by atoms with E-state index < -0.39 is 15.3 Å². The van der Waals surface area contributed by atoms with Crippen molar-refractivity contribution < 1.29 is 27.2 Å². The predicted octanol–water partition coefficient (Wildman–Crippen LogP) is 5.65. The fraction of sp³-hybridized carbons (Fsp3) is 0.276. The molecule has 0 N–H and O–H groups in total. The zero-order valence-corrected chi connectivity index (χ0v) is 22.3. The van der Waals surface area contributed by atoms with Crippen molar-refractivity contribution in [1.82, 2.24) is 0 Å². The van der Waals surface area contributed by atoms with Gasteiger partial charge in [-0.05, 0) is 51.1 Å². The number of ether oxygens (including phenoxy) is 3. The molecule has 0 aromatic heterocycles. The van der Waals surface area contributed by atoms with Crippen molar-refractivity contribution in [3.63, 3.8) is 0 Å². The van der Waals surface area contributed by atoms with Crippen LogP contribution in [0.3, 0.4) is 0 Å². The number of allylic oxidation sites excluding steroid dienone is 1. The number of rotatable bonds is 8. The van der Waals surface area contributed by atoms with Crippen LogP contribution in [0, 0.1) is 0 Å². The van der Waals surface area contributed by atoms with Crippen LogP contribution in [0.1, 0.15) is 31.9 Å². The van der Waals surface area contributed by atoms with Gasteiger partial charge in [-0.3, -0.25) is 0 Å². The van der Waals surface area contributed by atoms with Crippen molar-refractivity contribution in [3.05, 3.63) is 77.9 Å². The summed E-state index contributed by atoms with van der Waals surface area (Å²) < 4.78 is 45.4. The van der Waals surface area contributed by atoms with Crippen LogP contribution < -0.4 is 14.2 Å². The Morgan fingerprint density at radius 3 is 2.03 bits per heavy atom. The maximum absolute atomic E-state index is 13.3. The van der Waals surface area contributed by atoms with E-state index >= 15 is 0 Å². The molecule has 0 saturated heterocycles. The molecule has 1 aliphatic rings. The summed E-state index contributed by atoms with van der Waals surface area (Å²) in [6.45, 7) is 7.05. The van der Waals surface area contributed by atoms with Crippen molar-refractivity contribution in [2.45, 2.75) is 36.0 Å². The number of hydrogen-bond acceptors (Lipinski definition) is 5. The lowest BCUT2D eigenvalue weighted by atomic mass is 9.81. The molecule has 36 heavy (non-hydrogen) atoms. The second-order valence-electron chi connectivity index (χ2n) is 9.03. The zero-order chi connectivity index (χ0) is 26.1. The number of hydrogen-bond donors (Lipinski definition) is 0. The predicted molar refractivity (Wildman–Crippen MR) is 142 cm³/mol. The summed E-state index contributed by atoms with van der Waals surface area (Å²) in [4.78, 5) is 0.580. The second-order valence-corrected chi connectivity index (χ2v) is 11.0. The largest absolute Gasteiger partial charge is 0.496 e. The Hall–Kier alpha value is -3.58. The molecule has 0 unspecified atom stereocenters. The number of benzene rings is 3. The summed E-state index contributed by atoms with van der Waals surface area (Å²) in [7, 11) is 1.20. The Morgan fingerprint density at radius 2 is 1.47 bits per heavy atom. The molecule has 0 atom stereocenters. The minimum Gasteiger partial charge on any atom is -0.496 e. The molecule has 0 saturated carbocycles. The van der Waals surface area contributed by atoms with Crippen LogP contribution in [0.15, 0.2) is 76.5 Å². The molecule has 0 spiro atoms. The van der Waals surface area contributed by atoms with Crippen LogP contribution in [0.5, 0.6) is 17.2 Å². The van der Waals surface area contributed by atoms with Crippen LogP contribution in [-0.2, 0) is 15.3 Å². The summed E-state index contributed by atoms with van der Waals surface area (Å²) in [5.41, 5.74) is 3.38. The Morgan fingerprint density at radius 1 is 0.833 bits per heavy atom. The number of sulfone groups is 1. The highest BCUT2D eigenvalue weighted by molar-refractivity contribution is 7.91. The van der Waals surface area contributed by atoms with Crippen molar-refractivity contribution in [2.75, 3.05) is 27.9 Å². The van der Waals surface area contributed by atoms with E-state index in [2.05, 4.69) is 31.4 Å². The van der Waals surface area contributed by atoms with E-state index in [0.717, 1.165) is 29.1 Å². The van der Waals surface area contributed by atoms with Gasteiger partial charge in [0.1, 0.15) is 23.8 Å². The van der Waals surface area contributed by atoms with E-state index in [0.29, 0.717) is 22.1 Å². The first-order chi connectivity index (χ1) is 17.2. The molecule has 188 valence electrons. The average Bonchev–Trinajstić information content (AvgIpc) is 3.12. The summed E-state index contributed by atoms with van der Waals surface area (Å²) >= 11 is 0. The fourth-order valence-electron chi connectivity index (χ4n) is 4.76. The third kappa shape index (κ3) is 4.28. The summed E-state index contributed by atoms with van der Waals surface area (Å²) in [5.74, 6) is 1.91. The molecule has 7 heteroatoms. The molecule has 0 radical (unpaired) electrons. The molecule has 0 aliphatic carbocycles. The van der Waals surface area contributed by atoms with E-state index in [1.54, 1.807) is 51.7 Å². The van der Waals surface area contributed by atoms with E-state index in [4.69, 9.17) is 14.2 Å². The van der Waals surface area contributed by atoms with Gasteiger partial charge in [-0.25, -0.2) is 8.42 Å². The van der Waals surface area contributed by atoms with Crippen LogP contribution >= 0.6 is 0 Å². The monoisotopic (exact) mass is 506 g/mol. The van der Waals surface area contributed by atoms with Gasteiger partial charge in [-0.1, -0.05) is 18.2 Å². The molecule has 0 bridgehead atoms. The molecule has 1 heterocycles. The topological polar surface area (TPSA) is 64.8 Å². The molecule has 1 aliphatic heterocycles. The van der Waals surface area contributed by atoms with Gasteiger partial charge in [-0.15, -0.1) is 0 Å². The highest BCUT2D eigenvalue weighted by Crippen LogP contribution is 2.42. The second kappa shape index (κ2) is 9.82. The molecular weight excluding hydrogens is 474 g/mol. The molecular formula is C29H32NO5S+. The molecule has 0 amide bonds. The zero-order valence-electron chi connectivity index (χ0n) is 21.5. The standard InChI is InChI=1S/C29H32NO5S/c1-7-30-25-15-13-22(36(31,32)21-11-9-8-10-12-21)19-24(25)29(2,3)28(30)16-14-23-26(34-5)17-20(33-4)18-27(23)35-6/h8-19H,7H2,1-6H3/q+1. The van der Waals surface area contributed by atoms with Crippen molar-refractivity contribution >= 4 is 27.3 Å². The van der Waals surface area contributed by atoms with Gasteiger partial charge in [0.15, 0.2) is 5.71 Å². The normalized spacial score (nSPS) is 14.7. The van der Waals surface area contributed by atoms with Gasteiger partial charge in [-0.2, -0.15) is 4.58 Å². The van der Waals surface area contributed by atoms with Crippen molar-refractivity contribution in [1.29, 1.82) is 0 Å². The minimum absolute atomic E-state index is 0.288. The van der Waals surface area contributed by atoms with Crippen LogP contribution in [0.25, 0.3) is 6.08 Å². The highest BCUT2D eigenvalue weighted by atomic mass is 32.2. The lowest BCUT2D eigenvalue weighted by molar-refractivity contribution is -0.433. The molecule has 0 fully saturated rings. The van der Waals surface area contributed by atoms with Gasteiger partial charge in [0.25, 0.3) is 0 Å². The third-order valence-corrected chi connectivity index (χ3v) is 8.47. The minimum atomic E-state index is -3.62. The summed E-state index contributed by atoms with van der Waals surface area (Å²) in [5, 5.41) is 0. The van der Waals surface area contributed by atoms with Gasteiger partial charge in [0.05, 0.1) is 42.1 Å². The first kappa shape index (κ1) is 25.5. The summed E-state index contributed by atoms with van der Waals surface area (Å²) in [6, 6.07) is 17.6. The molecule has 4 rings (SSSR count). The Kier molecular flexibility index (Phi) is 6.96. The summed E-state index contributed by atoms with van der Waals surface area (Å²) in [6.07, 6.45) is 4.03. The first-order valence-corrected chi connectivity index (χ1v) is 13.2. The van der Waals surface area contributed by atoms with Gasteiger partial charge in [0, 0.05) is 29.8 Å². The van der Waals surface area contributed by atoms with Crippen LogP contribution in [0.2, 0.25) is 0 Å². The smallest absolute Gasteiger partial charge is 0.209 e. The lowest BCUT2D eigenvalue weighted by Gasteiger charge is -2.17. The van der Waals surface area contributed by atoms with E-state index in [1.807, 2.05) is 36.4 Å². The SMILES string of the molecule is CC[N+]1=C(C=Cc2c(OC)cc(OC)cc2OC)C(C)(C)c2cc(S(=O)(=O)c3ccccc3)ccc21. The Bertz CT molecular complexity index is 1430. The van der Waals surface area contributed by atoms with Gasteiger partial charge in [0.2, 0.25) is 15.5 Å². The van der Waals surface area contributed by atoms with Crippen LogP contribution in [0.4, 0.5) is 5.69 Å². The van der Waals surface area contributed by atoms with E-state index in [9.17, 15) is 8.42 Å². The van der Waals surface area contributed by atoms with Gasteiger partial charge >= 0.3 is 0 Å². The van der Waals surface area contributed by atoms with Crippen molar-refractivity contribution in [3.8, 4) is 17.2 Å². The molecule has 6 nitrogen and oxygen atoms in total. The lowest BCUT2D eigenvalue weighted by Crippen LogP contribution is -2.27. The number of nitrogens with zero attached hydrogens (tertiary/aromatic N) is 1. The third-order valence-electron chi connectivity index (χ3n) is 6.70. The Balaban J connectivity index is 1.80. The maximum atomic E-state index is 13.3. The molecule has 3 aromatic rings. The molecule has 3 aromatic carbocycles. The number of methoxy groups -OCH3 is 3. The van der Waals surface area contributed by atoms with Crippen LogP contribution in [-0.4, -0.2) is 46.6 Å². The number of fused-ring (bicyclic) bond motifs is 1. The van der Waals surface area contributed by atoms with E-state index in [1.165, 1.54) is 0 Å². The Labute approximate surface area is 213 Å². The first-order valence-electron chi connectivity index (χ1n) is 11.8.